The van der Waals surface area contributed by atoms with E-state index in [1.54, 1.807) is 0 Å². The summed E-state index contributed by atoms with van der Waals surface area (Å²) in [5.41, 5.74) is 2.46. The molecule has 0 N–H and O–H groups in total. The first-order valence-corrected chi connectivity index (χ1v) is 9.43. The van der Waals surface area contributed by atoms with Crippen LogP contribution in [0.15, 0.2) is 54.6 Å². The lowest BCUT2D eigenvalue weighted by Crippen LogP contribution is -2.38. The Bertz CT molecular complexity index is 891. The van der Waals surface area contributed by atoms with Crippen LogP contribution in [0.3, 0.4) is 0 Å². The van der Waals surface area contributed by atoms with Crippen molar-refractivity contribution in [1.29, 1.82) is 0 Å². The molecule has 0 aliphatic heterocycles. The summed E-state index contributed by atoms with van der Waals surface area (Å²) in [6.45, 7) is 0. The molecule has 4 heteroatoms. The fraction of sp³-hybridized carbons (Fsp3) is 0.333. The molecule has 0 bridgehead atoms. The van der Waals surface area contributed by atoms with Crippen molar-refractivity contribution in [3.8, 4) is 11.4 Å². The molecule has 0 spiro atoms. The molecule has 2 fully saturated rings. The van der Waals surface area contributed by atoms with Gasteiger partial charge >= 0.3 is 0 Å². The number of hydrogen-bond acceptors (Lipinski definition) is 2. The van der Waals surface area contributed by atoms with Gasteiger partial charge in [-0.3, -0.25) is 0 Å². The molecule has 0 radical (unpaired) electrons. The number of aromatic nitrogens is 3. The van der Waals surface area contributed by atoms with Crippen LogP contribution < -0.4 is 0 Å². The minimum atomic E-state index is -0.00674. The molecule has 3 aromatic rings. The van der Waals surface area contributed by atoms with Crippen molar-refractivity contribution in [2.75, 3.05) is 0 Å². The Morgan fingerprint density at radius 1 is 0.920 bits per heavy atom. The third-order valence-corrected chi connectivity index (χ3v) is 5.92. The minimum absolute atomic E-state index is 0.00674. The number of halogens is 1. The Balaban J connectivity index is 1.66. The van der Waals surface area contributed by atoms with Crippen LogP contribution in [0.1, 0.15) is 49.5 Å². The molecule has 0 amide bonds. The lowest BCUT2D eigenvalue weighted by molar-refractivity contribution is 0.275. The standard InChI is InChI=1S/C21H20ClN3/c22-17-9-7-16(8-10-17)21(13-4-14-21)20-24-23-19(25(20)18-11-12-18)15-5-2-1-3-6-15/h1-3,5-10,18H,4,11-14H2. The van der Waals surface area contributed by atoms with E-state index in [4.69, 9.17) is 16.7 Å². The molecule has 2 aliphatic carbocycles. The van der Waals surface area contributed by atoms with Crippen molar-refractivity contribution in [3.63, 3.8) is 0 Å². The van der Waals surface area contributed by atoms with Crippen molar-refractivity contribution in [1.82, 2.24) is 14.8 Å². The smallest absolute Gasteiger partial charge is 0.164 e. The van der Waals surface area contributed by atoms with Gasteiger partial charge in [-0.2, -0.15) is 0 Å². The molecule has 126 valence electrons. The van der Waals surface area contributed by atoms with Crippen molar-refractivity contribution in [3.05, 3.63) is 71.0 Å². The number of benzene rings is 2. The molecule has 0 atom stereocenters. The van der Waals surface area contributed by atoms with Gasteiger partial charge in [0.15, 0.2) is 5.82 Å². The summed E-state index contributed by atoms with van der Waals surface area (Å²) in [6.07, 6.45) is 5.95. The molecule has 5 rings (SSSR count). The number of rotatable bonds is 4. The Hall–Kier alpha value is -2.13. The van der Waals surface area contributed by atoms with E-state index in [1.807, 2.05) is 18.2 Å². The first-order valence-electron chi connectivity index (χ1n) is 9.05. The van der Waals surface area contributed by atoms with Crippen molar-refractivity contribution < 1.29 is 0 Å². The van der Waals surface area contributed by atoms with E-state index < -0.39 is 0 Å². The fourth-order valence-electron chi connectivity index (χ4n) is 4.02. The molecule has 2 aromatic carbocycles. The van der Waals surface area contributed by atoms with Crippen molar-refractivity contribution >= 4 is 11.6 Å². The molecular formula is C21H20ClN3. The summed E-state index contributed by atoms with van der Waals surface area (Å²) in [5.74, 6) is 2.15. The van der Waals surface area contributed by atoms with E-state index in [2.05, 4.69) is 46.1 Å². The highest BCUT2D eigenvalue weighted by atomic mass is 35.5. The lowest BCUT2D eigenvalue weighted by Gasteiger charge is -2.41. The zero-order chi connectivity index (χ0) is 16.9. The highest BCUT2D eigenvalue weighted by Crippen LogP contribution is 2.51. The van der Waals surface area contributed by atoms with Crippen LogP contribution in [-0.4, -0.2) is 14.8 Å². The zero-order valence-corrected chi connectivity index (χ0v) is 14.8. The van der Waals surface area contributed by atoms with E-state index in [9.17, 15) is 0 Å². The first-order chi connectivity index (χ1) is 12.3. The minimum Gasteiger partial charge on any atom is -0.307 e. The maximum Gasteiger partial charge on any atom is 0.164 e. The SMILES string of the molecule is Clc1ccc(C2(c3nnc(-c4ccccc4)n3C3CC3)CCC2)cc1. The highest BCUT2D eigenvalue weighted by molar-refractivity contribution is 6.30. The van der Waals surface area contributed by atoms with Gasteiger partial charge < -0.3 is 4.57 Å². The van der Waals surface area contributed by atoms with Crippen LogP contribution >= 0.6 is 11.6 Å². The largest absolute Gasteiger partial charge is 0.307 e. The maximum absolute atomic E-state index is 6.11. The summed E-state index contributed by atoms with van der Waals surface area (Å²) < 4.78 is 2.42. The second kappa shape index (κ2) is 5.70. The monoisotopic (exact) mass is 349 g/mol. The van der Waals surface area contributed by atoms with Gasteiger partial charge in [-0.15, -0.1) is 10.2 Å². The molecule has 2 saturated carbocycles. The van der Waals surface area contributed by atoms with Gasteiger partial charge in [-0.05, 0) is 43.4 Å². The fourth-order valence-corrected chi connectivity index (χ4v) is 4.15. The van der Waals surface area contributed by atoms with E-state index in [-0.39, 0.29) is 5.41 Å². The second-order valence-electron chi connectivity index (χ2n) is 7.26. The van der Waals surface area contributed by atoms with Crippen molar-refractivity contribution in [2.24, 2.45) is 0 Å². The molecule has 1 aromatic heterocycles. The van der Waals surface area contributed by atoms with E-state index in [1.165, 1.54) is 24.8 Å². The van der Waals surface area contributed by atoms with Gasteiger partial charge in [-0.1, -0.05) is 60.5 Å². The molecular weight excluding hydrogens is 330 g/mol. The van der Waals surface area contributed by atoms with Gasteiger partial charge in [0.1, 0.15) is 5.82 Å². The van der Waals surface area contributed by atoms with Gasteiger partial charge in [-0.25, -0.2) is 0 Å². The van der Waals surface area contributed by atoms with Crippen LogP contribution in [0.2, 0.25) is 5.02 Å². The van der Waals surface area contributed by atoms with Crippen LogP contribution in [0.4, 0.5) is 0 Å². The predicted molar refractivity (Wildman–Crippen MR) is 99.8 cm³/mol. The molecule has 3 nitrogen and oxygen atoms in total. The predicted octanol–water partition coefficient (Wildman–Crippen LogP) is 5.40. The lowest BCUT2D eigenvalue weighted by atomic mass is 9.63. The molecule has 2 aliphatic rings. The highest BCUT2D eigenvalue weighted by Gasteiger charge is 2.46. The summed E-state index contributed by atoms with van der Waals surface area (Å²) in [5, 5.41) is 10.1. The number of hydrogen-bond donors (Lipinski definition) is 0. The maximum atomic E-state index is 6.11. The van der Waals surface area contributed by atoms with Gasteiger partial charge in [0.2, 0.25) is 0 Å². The third kappa shape index (κ3) is 2.41. The Morgan fingerprint density at radius 2 is 1.64 bits per heavy atom. The summed E-state index contributed by atoms with van der Waals surface area (Å²) >= 11 is 6.11. The number of nitrogens with zero attached hydrogens (tertiary/aromatic N) is 3. The van der Waals surface area contributed by atoms with Crippen molar-refractivity contribution in [2.45, 2.75) is 43.6 Å². The molecule has 0 unspecified atom stereocenters. The van der Waals surface area contributed by atoms with Gasteiger partial charge in [0, 0.05) is 16.6 Å². The third-order valence-electron chi connectivity index (χ3n) is 5.67. The van der Waals surface area contributed by atoms with E-state index in [0.29, 0.717) is 6.04 Å². The Labute approximate surface area is 152 Å². The van der Waals surface area contributed by atoms with Crippen LogP contribution in [0, 0.1) is 0 Å². The van der Waals surface area contributed by atoms with Gasteiger partial charge in [0.05, 0.1) is 5.41 Å². The first kappa shape index (κ1) is 15.2. The van der Waals surface area contributed by atoms with Gasteiger partial charge in [0.25, 0.3) is 0 Å². The summed E-state index contributed by atoms with van der Waals surface area (Å²) in [6, 6.07) is 19.3. The molecule has 0 saturated heterocycles. The zero-order valence-electron chi connectivity index (χ0n) is 14.0. The quantitative estimate of drug-likeness (QED) is 0.631. The average Bonchev–Trinajstić information content (AvgIpc) is 3.36. The summed E-state index contributed by atoms with van der Waals surface area (Å²) in [7, 11) is 0. The topological polar surface area (TPSA) is 30.7 Å². The Kier molecular flexibility index (Phi) is 3.46. The average molecular weight is 350 g/mol. The normalized spacial score (nSPS) is 18.8. The molecule has 25 heavy (non-hydrogen) atoms. The second-order valence-corrected chi connectivity index (χ2v) is 7.69. The van der Waals surface area contributed by atoms with E-state index in [0.717, 1.165) is 35.1 Å². The van der Waals surface area contributed by atoms with Crippen LogP contribution in [0.25, 0.3) is 11.4 Å². The van der Waals surface area contributed by atoms with E-state index >= 15 is 0 Å². The molecule has 1 heterocycles. The Morgan fingerprint density at radius 3 is 2.24 bits per heavy atom. The summed E-state index contributed by atoms with van der Waals surface area (Å²) in [4.78, 5) is 0. The van der Waals surface area contributed by atoms with Crippen LogP contribution in [-0.2, 0) is 5.41 Å². The van der Waals surface area contributed by atoms with Crippen LogP contribution in [0.5, 0.6) is 0 Å².